The van der Waals surface area contributed by atoms with Gasteiger partial charge in [0, 0.05) is 25.0 Å². The predicted molar refractivity (Wildman–Crippen MR) is 74.5 cm³/mol. The highest BCUT2D eigenvalue weighted by atomic mass is 32.1. The molecule has 0 fully saturated rings. The fourth-order valence-corrected chi connectivity index (χ4v) is 2.63. The highest BCUT2D eigenvalue weighted by molar-refractivity contribution is 7.08. The van der Waals surface area contributed by atoms with Crippen molar-refractivity contribution in [2.45, 2.75) is 6.42 Å². The molecule has 0 spiro atoms. The summed E-state index contributed by atoms with van der Waals surface area (Å²) >= 11 is 1.66. The van der Waals surface area contributed by atoms with Gasteiger partial charge in [0.15, 0.2) is 0 Å². The maximum absolute atomic E-state index is 9.17. The average Bonchev–Trinajstić information content (AvgIpc) is 2.84. The number of nitrogens with two attached hydrogens (primary N) is 1. The quantitative estimate of drug-likeness (QED) is 0.729. The summed E-state index contributed by atoms with van der Waals surface area (Å²) in [6, 6.07) is 5.94. The Kier molecular flexibility index (Phi) is 3.66. The first-order chi connectivity index (χ1) is 8.26. The van der Waals surface area contributed by atoms with Crippen LogP contribution in [0.4, 0.5) is 11.4 Å². The van der Waals surface area contributed by atoms with Crippen LogP contribution >= 0.6 is 11.3 Å². The molecule has 0 aliphatic heterocycles. The van der Waals surface area contributed by atoms with E-state index in [0.29, 0.717) is 6.42 Å². The van der Waals surface area contributed by atoms with E-state index in [2.05, 4.69) is 16.8 Å². The van der Waals surface area contributed by atoms with Crippen LogP contribution in [0, 0.1) is 0 Å². The first-order valence-corrected chi connectivity index (χ1v) is 6.44. The Morgan fingerprint density at radius 1 is 1.41 bits per heavy atom. The molecule has 0 radical (unpaired) electrons. The Balaban J connectivity index is 2.59. The van der Waals surface area contributed by atoms with Crippen LogP contribution in [0.5, 0.6) is 0 Å². The van der Waals surface area contributed by atoms with E-state index >= 15 is 0 Å². The van der Waals surface area contributed by atoms with Gasteiger partial charge in [-0.25, -0.2) is 0 Å². The van der Waals surface area contributed by atoms with Crippen LogP contribution in [0.1, 0.15) is 5.56 Å². The van der Waals surface area contributed by atoms with Crippen molar-refractivity contribution in [1.82, 2.24) is 0 Å². The number of nitrogens with one attached hydrogen (secondary N) is 1. The van der Waals surface area contributed by atoms with Crippen molar-refractivity contribution in [2.24, 2.45) is 0 Å². The maximum atomic E-state index is 9.17. The molecule has 0 aliphatic rings. The molecule has 0 amide bonds. The summed E-state index contributed by atoms with van der Waals surface area (Å²) in [6.45, 7) is 0.135. The van der Waals surface area contributed by atoms with Gasteiger partial charge < -0.3 is 16.2 Å². The molecule has 0 aliphatic carbocycles. The number of aliphatic hydroxyl groups is 1. The van der Waals surface area contributed by atoms with Gasteiger partial charge in [0.2, 0.25) is 0 Å². The SMILES string of the molecule is CNc1cc(N)cc(-c2ccsc2)c1CCO. The lowest BCUT2D eigenvalue weighted by atomic mass is 9.97. The summed E-state index contributed by atoms with van der Waals surface area (Å²) in [5.74, 6) is 0. The van der Waals surface area contributed by atoms with E-state index in [1.165, 1.54) is 0 Å². The van der Waals surface area contributed by atoms with Crippen LogP contribution in [0.25, 0.3) is 11.1 Å². The summed E-state index contributed by atoms with van der Waals surface area (Å²) in [4.78, 5) is 0. The number of anilines is 2. The van der Waals surface area contributed by atoms with Crippen LogP contribution in [0.3, 0.4) is 0 Å². The molecule has 2 aromatic rings. The average molecular weight is 248 g/mol. The molecule has 1 aromatic heterocycles. The van der Waals surface area contributed by atoms with Crippen LogP contribution in [-0.4, -0.2) is 18.8 Å². The van der Waals surface area contributed by atoms with E-state index in [4.69, 9.17) is 5.73 Å². The minimum atomic E-state index is 0.135. The summed E-state index contributed by atoms with van der Waals surface area (Å²) in [5, 5.41) is 16.4. The molecule has 1 heterocycles. The Bertz CT molecular complexity index is 494. The first kappa shape index (κ1) is 12.0. The van der Waals surface area contributed by atoms with Gasteiger partial charge in [-0.3, -0.25) is 0 Å². The number of thiophene rings is 1. The first-order valence-electron chi connectivity index (χ1n) is 5.50. The second-order valence-corrected chi connectivity index (χ2v) is 4.61. The normalized spacial score (nSPS) is 10.5. The van der Waals surface area contributed by atoms with Gasteiger partial charge in [0.25, 0.3) is 0 Å². The van der Waals surface area contributed by atoms with Crippen molar-refractivity contribution in [3.8, 4) is 11.1 Å². The molecule has 0 saturated heterocycles. The van der Waals surface area contributed by atoms with Gasteiger partial charge in [-0.2, -0.15) is 11.3 Å². The monoisotopic (exact) mass is 248 g/mol. The summed E-state index contributed by atoms with van der Waals surface area (Å²) in [7, 11) is 1.87. The van der Waals surface area contributed by atoms with Crippen molar-refractivity contribution in [1.29, 1.82) is 0 Å². The van der Waals surface area contributed by atoms with Crippen molar-refractivity contribution in [3.63, 3.8) is 0 Å². The van der Waals surface area contributed by atoms with E-state index in [0.717, 1.165) is 28.1 Å². The Morgan fingerprint density at radius 2 is 2.24 bits per heavy atom. The molecular formula is C13H16N2OS. The summed E-state index contributed by atoms with van der Waals surface area (Å²) < 4.78 is 0. The number of nitrogen functional groups attached to an aromatic ring is 1. The zero-order valence-corrected chi connectivity index (χ0v) is 10.6. The van der Waals surface area contributed by atoms with Gasteiger partial charge >= 0.3 is 0 Å². The largest absolute Gasteiger partial charge is 0.399 e. The lowest BCUT2D eigenvalue weighted by Crippen LogP contribution is -2.02. The molecule has 4 N–H and O–H groups in total. The molecule has 0 bridgehead atoms. The number of hydrogen-bond acceptors (Lipinski definition) is 4. The van der Waals surface area contributed by atoms with Gasteiger partial charge in [0.1, 0.15) is 0 Å². The zero-order valence-electron chi connectivity index (χ0n) is 9.73. The predicted octanol–water partition coefficient (Wildman–Crippen LogP) is 2.57. The molecule has 1 aromatic carbocycles. The molecule has 0 unspecified atom stereocenters. The standard InChI is InChI=1S/C13H16N2OS/c1-15-13-7-10(14)6-12(11(13)2-4-16)9-3-5-17-8-9/h3,5-8,15-16H,2,4,14H2,1H3. The van der Waals surface area contributed by atoms with Gasteiger partial charge in [-0.1, -0.05) is 0 Å². The number of hydrogen-bond donors (Lipinski definition) is 3. The Labute approximate surface area is 105 Å². The molecule has 3 nitrogen and oxygen atoms in total. The van der Waals surface area contributed by atoms with E-state index < -0.39 is 0 Å². The van der Waals surface area contributed by atoms with Gasteiger partial charge in [0.05, 0.1) is 0 Å². The zero-order chi connectivity index (χ0) is 12.3. The fourth-order valence-electron chi connectivity index (χ4n) is 1.97. The smallest absolute Gasteiger partial charge is 0.0472 e. The second-order valence-electron chi connectivity index (χ2n) is 3.83. The van der Waals surface area contributed by atoms with Crippen molar-refractivity contribution < 1.29 is 5.11 Å². The van der Waals surface area contributed by atoms with Gasteiger partial charge in [-0.15, -0.1) is 0 Å². The Morgan fingerprint density at radius 3 is 2.82 bits per heavy atom. The highest BCUT2D eigenvalue weighted by Crippen LogP contribution is 2.33. The molecule has 17 heavy (non-hydrogen) atoms. The van der Waals surface area contributed by atoms with Crippen LogP contribution in [0.2, 0.25) is 0 Å². The summed E-state index contributed by atoms with van der Waals surface area (Å²) in [5.41, 5.74) is 11.0. The van der Waals surface area contributed by atoms with E-state index in [1.54, 1.807) is 11.3 Å². The minimum Gasteiger partial charge on any atom is -0.399 e. The van der Waals surface area contributed by atoms with E-state index in [9.17, 15) is 5.11 Å². The Hall–Kier alpha value is -1.52. The highest BCUT2D eigenvalue weighted by Gasteiger charge is 2.11. The van der Waals surface area contributed by atoms with E-state index in [-0.39, 0.29) is 6.61 Å². The third kappa shape index (κ3) is 2.43. The topological polar surface area (TPSA) is 58.3 Å². The van der Waals surface area contributed by atoms with Crippen LogP contribution in [-0.2, 0) is 6.42 Å². The van der Waals surface area contributed by atoms with Crippen LogP contribution in [0.15, 0.2) is 29.0 Å². The van der Waals surface area contributed by atoms with Crippen LogP contribution < -0.4 is 11.1 Å². The molecule has 4 heteroatoms. The second kappa shape index (κ2) is 5.21. The minimum absolute atomic E-state index is 0.135. The number of benzene rings is 1. The van der Waals surface area contributed by atoms with Gasteiger partial charge in [-0.05, 0) is 52.1 Å². The fraction of sp³-hybridized carbons (Fsp3) is 0.231. The van der Waals surface area contributed by atoms with Crippen molar-refractivity contribution in [2.75, 3.05) is 24.7 Å². The lowest BCUT2D eigenvalue weighted by molar-refractivity contribution is 0.300. The third-order valence-corrected chi connectivity index (χ3v) is 3.42. The molecule has 90 valence electrons. The molecule has 0 atom stereocenters. The lowest BCUT2D eigenvalue weighted by Gasteiger charge is -2.14. The number of aliphatic hydroxyl groups excluding tert-OH is 1. The van der Waals surface area contributed by atoms with Crippen molar-refractivity contribution in [3.05, 3.63) is 34.5 Å². The van der Waals surface area contributed by atoms with Crippen molar-refractivity contribution >= 4 is 22.7 Å². The number of rotatable bonds is 4. The summed E-state index contributed by atoms with van der Waals surface area (Å²) in [6.07, 6.45) is 0.627. The van der Waals surface area contributed by atoms with E-state index in [1.807, 2.05) is 24.6 Å². The third-order valence-electron chi connectivity index (χ3n) is 2.74. The molecule has 0 saturated carbocycles. The maximum Gasteiger partial charge on any atom is 0.0472 e. The molecular weight excluding hydrogens is 232 g/mol. The molecule has 2 rings (SSSR count).